The quantitative estimate of drug-likeness (QED) is 0.292. The summed E-state index contributed by atoms with van der Waals surface area (Å²) in [5, 5.41) is 7.15. The second-order valence-corrected chi connectivity index (χ2v) is 7.76. The van der Waals surface area contributed by atoms with Gasteiger partial charge in [-0.15, -0.1) is 0 Å². The number of benzene rings is 2. The van der Waals surface area contributed by atoms with Crippen LogP contribution in [0, 0.1) is 0 Å². The van der Waals surface area contributed by atoms with Crippen molar-refractivity contribution in [2.75, 3.05) is 25.6 Å². The number of nitrogens with zero attached hydrogens (tertiary/aromatic N) is 2. The lowest BCUT2D eigenvalue weighted by molar-refractivity contribution is 0.0992. The summed E-state index contributed by atoms with van der Waals surface area (Å²) in [5.41, 5.74) is 1.55. The zero-order valence-electron chi connectivity index (χ0n) is 20.5. The molecule has 0 aliphatic rings. The molecule has 0 saturated carbocycles. The van der Waals surface area contributed by atoms with Gasteiger partial charge in [0.25, 0.3) is 5.91 Å². The molecule has 36 heavy (non-hydrogen) atoms. The van der Waals surface area contributed by atoms with E-state index in [1.165, 1.54) is 0 Å². The standard InChI is InChI=1S/C27H29N3O6/c1-4-33-24-11-9-19(13-26(24)34-5-2)16-30-17-20(15-28-30)29-27(31)25-12-10-23(36-25)18-35-22-8-6-7-21(14-22)32-3/h6-15,17H,4-5,16,18H2,1-3H3,(H,29,31). The van der Waals surface area contributed by atoms with Crippen molar-refractivity contribution >= 4 is 11.6 Å². The first-order chi connectivity index (χ1) is 17.6. The van der Waals surface area contributed by atoms with E-state index in [2.05, 4.69) is 10.4 Å². The first-order valence-corrected chi connectivity index (χ1v) is 11.7. The van der Waals surface area contributed by atoms with Crippen LogP contribution < -0.4 is 24.3 Å². The fourth-order valence-electron chi connectivity index (χ4n) is 3.51. The second kappa shape index (κ2) is 11.8. The van der Waals surface area contributed by atoms with Crippen LogP contribution in [-0.2, 0) is 13.2 Å². The Kier molecular flexibility index (Phi) is 8.12. The van der Waals surface area contributed by atoms with Crippen LogP contribution in [0.1, 0.15) is 35.7 Å². The van der Waals surface area contributed by atoms with E-state index in [0.717, 1.165) is 5.56 Å². The number of furan rings is 1. The number of methoxy groups -OCH3 is 1. The van der Waals surface area contributed by atoms with Crippen LogP contribution in [0.4, 0.5) is 5.69 Å². The van der Waals surface area contributed by atoms with Crippen molar-refractivity contribution in [2.45, 2.75) is 27.0 Å². The number of nitrogens with one attached hydrogen (secondary N) is 1. The lowest BCUT2D eigenvalue weighted by atomic mass is 10.2. The van der Waals surface area contributed by atoms with E-state index in [0.29, 0.717) is 54.2 Å². The molecule has 0 aliphatic carbocycles. The molecule has 9 nitrogen and oxygen atoms in total. The minimum absolute atomic E-state index is 0.180. The van der Waals surface area contributed by atoms with Gasteiger partial charge >= 0.3 is 0 Å². The highest BCUT2D eigenvalue weighted by molar-refractivity contribution is 6.02. The maximum absolute atomic E-state index is 12.6. The molecule has 0 spiro atoms. The van der Waals surface area contributed by atoms with Gasteiger partial charge in [0.05, 0.1) is 38.8 Å². The van der Waals surface area contributed by atoms with E-state index < -0.39 is 0 Å². The topological polar surface area (TPSA) is 97.0 Å². The summed E-state index contributed by atoms with van der Waals surface area (Å²) in [6.45, 7) is 5.67. The predicted octanol–water partition coefficient (Wildman–Crippen LogP) is 5.16. The Morgan fingerprint density at radius 1 is 0.972 bits per heavy atom. The van der Waals surface area contributed by atoms with Crippen molar-refractivity contribution in [3.8, 4) is 23.0 Å². The van der Waals surface area contributed by atoms with Crippen molar-refractivity contribution in [2.24, 2.45) is 0 Å². The molecule has 188 valence electrons. The monoisotopic (exact) mass is 491 g/mol. The summed E-state index contributed by atoms with van der Waals surface area (Å²) in [6, 6.07) is 16.4. The van der Waals surface area contributed by atoms with Gasteiger partial charge in [0.2, 0.25) is 0 Å². The van der Waals surface area contributed by atoms with Gasteiger partial charge in [-0.2, -0.15) is 5.10 Å². The average Bonchev–Trinajstić information content (AvgIpc) is 3.54. The molecule has 4 aromatic rings. The summed E-state index contributed by atoms with van der Waals surface area (Å²) < 4.78 is 29.6. The molecule has 1 N–H and O–H groups in total. The molecule has 4 rings (SSSR count). The van der Waals surface area contributed by atoms with Crippen LogP contribution in [0.5, 0.6) is 23.0 Å². The van der Waals surface area contributed by atoms with Crippen LogP contribution in [-0.4, -0.2) is 36.0 Å². The normalized spacial score (nSPS) is 10.6. The molecule has 0 unspecified atom stereocenters. The zero-order chi connectivity index (χ0) is 25.3. The van der Waals surface area contributed by atoms with E-state index in [1.54, 1.807) is 42.4 Å². The molecule has 0 saturated heterocycles. The Morgan fingerprint density at radius 3 is 2.58 bits per heavy atom. The fraction of sp³-hybridized carbons (Fsp3) is 0.259. The third-order valence-corrected chi connectivity index (χ3v) is 5.15. The number of anilines is 1. The van der Waals surface area contributed by atoms with Gasteiger partial charge in [0.15, 0.2) is 17.3 Å². The summed E-state index contributed by atoms with van der Waals surface area (Å²) >= 11 is 0. The van der Waals surface area contributed by atoms with Gasteiger partial charge in [-0.05, 0) is 55.8 Å². The predicted molar refractivity (Wildman–Crippen MR) is 134 cm³/mol. The van der Waals surface area contributed by atoms with E-state index in [-0.39, 0.29) is 18.3 Å². The number of ether oxygens (including phenoxy) is 4. The molecular formula is C27H29N3O6. The lowest BCUT2D eigenvalue weighted by Gasteiger charge is -2.12. The molecule has 9 heteroatoms. The van der Waals surface area contributed by atoms with Gasteiger partial charge in [0.1, 0.15) is 23.9 Å². The molecule has 0 fully saturated rings. The molecule has 0 aliphatic heterocycles. The lowest BCUT2D eigenvalue weighted by Crippen LogP contribution is -2.10. The van der Waals surface area contributed by atoms with Crippen molar-refractivity contribution < 1.29 is 28.2 Å². The molecule has 0 radical (unpaired) electrons. The fourth-order valence-corrected chi connectivity index (χ4v) is 3.51. The Balaban J connectivity index is 1.33. The van der Waals surface area contributed by atoms with Gasteiger partial charge in [-0.1, -0.05) is 12.1 Å². The van der Waals surface area contributed by atoms with Crippen LogP contribution in [0.2, 0.25) is 0 Å². The molecule has 1 amide bonds. The third kappa shape index (κ3) is 6.38. The minimum Gasteiger partial charge on any atom is -0.497 e. The number of carbonyl (C=O) groups is 1. The van der Waals surface area contributed by atoms with Gasteiger partial charge in [-0.25, -0.2) is 0 Å². The van der Waals surface area contributed by atoms with E-state index >= 15 is 0 Å². The third-order valence-electron chi connectivity index (χ3n) is 5.15. The van der Waals surface area contributed by atoms with Crippen LogP contribution in [0.15, 0.2) is 71.4 Å². The van der Waals surface area contributed by atoms with Crippen LogP contribution in [0.3, 0.4) is 0 Å². The Labute approximate surface area is 209 Å². The summed E-state index contributed by atoms with van der Waals surface area (Å²) in [4.78, 5) is 12.6. The Morgan fingerprint density at radius 2 is 1.78 bits per heavy atom. The number of amides is 1. The van der Waals surface area contributed by atoms with Crippen molar-refractivity contribution in [1.29, 1.82) is 0 Å². The molecule has 0 atom stereocenters. The van der Waals surface area contributed by atoms with Crippen LogP contribution in [0.25, 0.3) is 0 Å². The number of aromatic nitrogens is 2. The van der Waals surface area contributed by atoms with Gasteiger partial charge < -0.3 is 28.7 Å². The van der Waals surface area contributed by atoms with Crippen molar-refractivity contribution in [3.63, 3.8) is 0 Å². The van der Waals surface area contributed by atoms with Gasteiger partial charge in [-0.3, -0.25) is 9.48 Å². The highest BCUT2D eigenvalue weighted by Gasteiger charge is 2.14. The Hall–Kier alpha value is -4.40. The zero-order valence-corrected chi connectivity index (χ0v) is 20.5. The summed E-state index contributed by atoms with van der Waals surface area (Å²) in [7, 11) is 1.60. The maximum Gasteiger partial charge on any atom is 0.291 e. The molecule has 0 bridgehead atoms. The summed E-state index contributed by atoms with van der Waals surface area (Å²) in [6.07, 6.45) is 3.34. The SMILES string of the molecule is CCOc1ccc(Cn2cc(NC(=O)c3ccc(COc4cccc(OC)c4)o3)cn2)cc1OCC. The highest BCUT2D eigenvalue weighted by Crippen LogP contribution is 2.29. The number of rotatable bonds is 12. The first-order valence-electron chi connectivity index (χ1n) is 11.7. The van der Waals surface area contributed by atoms with Crippen molar-refractivity contribution in [1.82, 2.24) is 9.78 Å². The number of hydrogen-bond acceptors (Lipinski definition) is 7. The summed E-state index contributed by atoms with van der Waals surface area (Å²) in [5.74, 6) is 3.08. The largest absolute Gasteiger partial charge is 0.497 e. The van der Waals surface area contributed by atoms with E-state index in [4.69, 9.17) is 23.4 Å². The van der Waals surface area contributed by atoms with Gasteiger partial charge in [0, 0.05) is 12.3 Å². The number of hydrogen-bond donors (Lipinski definition) is 1. The number of carbonyl (C=O) groups excluding carboxylic acids is 1. The molecular weight excluding hydrogens is 462 g/mol. The van der Waals surface area contributed by atoms with Crippen LogP contribution >= 0.6 is 0 Å². The second-order valence-electron chi connectivity index (χ2n) is 7.76. The average molecular weight is 492 g/mol. The minimum atomic E-state index is -0.373. The first kappa shape index (κ1) is 24.7. The highest BCUT2D eigenvalue weighted by atomic mass is 16.5. The van der Waals surface area contributed by atoms with E-state index in [1.807, 2.05) is 50.2 Å². The maximum atomic E-state index is 12.6. The molecule has 2 heterocycles. The van der Waals surface area contributed by atoms with E-state index in [9.17, 15) is 4.79 Å². The smallest absolute Gasteiger partial charge is 0.291 e. The molecule has 2 aromatic carbocycles. The van der Waals surface area contributed by atoms with Crippen molar-refractivity contribution in [3.05, 3.63) is 84.1 Å². The molecule has 2 aromatic heterocycles. The Bertz CT molecular complexity index is 1300.